The molecule has 1 aromatic carbocycles. The molecule has 7 heteroatoms. The molecule has 1 unspecified atom stereocenters. The molecule has 1 fully saturated rings. The number of ether oxygens (including phenoxy) is 2. The van der Waals surface area contributed by atoms with E-state index in [1.165, 1.54) is 6.42 Å². The van der Waals surface area contributed by atoms with Crippen molar-refractivity contribution in [3.63, 3.8) is 0 Å². The zero-order valence-corrected chi connectivity index (χ0v) is 17.4. The van der Waals surface area contributed by atoms with E-state index in [0.717, 1.165) is 62.6 Å². The van der Waals surface area contributed by atoms with E-state index in [1.54, 1.807) is 18.2 Å². The molecule has 148 valence electrons. The van der Waals surface area contributed by atoms with Crippen LogP contribution in [0.3, 0.4) is 0 Å². The minimum absolute atomic E-state index is 0.353. The van der Waals surface area contributed by atoms with Gasteiger partial charge in [0.1, 0.15) is 11.4 Å². The summed E-state index contributed by atoms with van der Waals surface area (Å²) in [5.41, 5.74) is 2.03. The highest BCUT2D eigenvalue weighted by atomic mass is 35.5. The van der Waals surface area contributed by atoms with Crippen LogP contribution in [0.2, 0.25) is 10.0 Å². The van der Waals surface area contributed by atoms with E-state index in [9.17, 15) is 0 Å². The second kappa shape index (κ2) is 9.78. The summed E-state index contributed by atoms with van der Waals surface area (Å²) in [6, 6.07) is 5.24. The van der Waals surface area contributed by atoms with Gasteiger partial charge in [-0.25, -0.2) is 0 Å². The zero-order chi connectivity index (χ0) is 19.2. The maximum absolute atomic E-state index is 6.16. The van der Waals surface area contributed by atoms with Crippen molar-refractivity contribution in [3.05, 3.63) is 39.6 Å². The number of benzene rings is 1. The average molecular weight is 412 g/mol. The molecule has 1 aromatic heterocycles. The largest absolute Gasteiger partial charge is 0.453 e. The highest BCUT2D eigenvalue weighted by molar-refractivity contribution is 6.34. The van der Waals surface area contributed by atoms with Gasteiger partial charge in [0.2, 0.25) is 0 Å². The average Bonchev–Trinajstić information content (AvgIpc) is 3.25. The quantitative estimate of drug-likeness (QED) is 0.597. The lowest BCUT2D eigenvalue weighted by Gasteiger charge is -2.12. The van der Waals surface area contributed by atoms with E-state index in [1.807, 2.05) is 4.68 Å². The molecule has 2 heterocycles. The Labute approximate surface area is 170 Å². The predicted molar refractivity (Wildman–Crippen MR) is 109 cm³/mol. The molecule has 0 saturated carbocycles. The van der Waals surface area contributed by atoms with Crippen molar-refractivity contribution >= 4 is 23.2 Å². The molecule has 1 atom stereocenters. The molecule has 3 rings (SSSR count). The summed E-state index contributed by atoms with van der Waals surface area (Å²) < 4.78 is 13.9. The first kappa shape index (κ1) is 20.5. The van der Waals surface area contributed by atoms with Crippen molar-refractivity contribution < 1.29 is 9.47 Å². The molecule has 5 nitrogen and oxygen atoms in total. The maximum Gasteiger partial charge on any atom is 0.171 e. The van der Waals surface area contributed by atoms with Gasteiger partial charge in [-0.3, -0.25) is 4.68 Å². The first-order valence-electron chi connectivity index (χ1n) is 9.65. The summed E-state index contributed by atoms with van der Waals surface area (Å²) in [5, 5.41) is 9.35. The molecule has 0 aliphatic carbocycles. The standard InChI is InChI=1S/C20H27Cl2N3O2/c1-3-18-20(27-17-11-14(21)10-15(22)12-17)19(4-2)25(24-18)8-7-23-13-16-6-5-9-26-16/h10-12,16,23H,3-9,13H2,1-2H3. The van der Waals surface area contributed by atoms with Crippen molar-refractivity contribution in [2.75, 3.05) is 19.7 Å². The van der Waals surface area contributed by atoms with Gasteiger partial charge in [-0.15, -0.1) is 0 Å². The maximum atomic E-state index is 6.16. The Morgan fingerprint density at radius 1 is 1.22 bits per heavy atom. The van der Waals surface area contributed by atoms with Crippen LogP contribution in [-0.4, -0.2) is 35.6 Å². The summed E-state index contributed by atoms with van der Waals surface area (Å²) in [4.78, 5) is 0. The molecular formula is C20H27Cl2N3O2. The summed E-state index contributed by atoms with van der Waals surface area (Å²) in [7, 11) is 0. The SMILES string of the molecule is CCc1nn(CCNCC2CCCO2)c(CC)c1Oc1cc(Cl)cc(Cl)c1. The van der Waals surface area contributed by atoms with Crippen molar-refractivity contribution in [2.45, 2.75) is 52.2 Å². The van der Waals surface area contributed by atoms with E-state index in [0.29, 0.717) is 21.9 Å². The molecule has 1 saturated heterocycles. The van der Waals surface area contributed by atoms with Crippen molar-refractivity contribution in [3.8, 4) is 11.5 Å². The molecule has 0 spiro atoms. The van der Waals surface area contributed by atoms with Crippen molar-refractivity contribution in [2.24, 2.45) is 0 Å². The van der Waals surface area contributed by atoms with E-state index in [4.69, 9.17) is 37.8 Å². The van der Waals surface area contributed by atoms with Crippen LogP contribution in [0, 0.1) is 0 Å². The minimum atomic E-state index is 0.353. The third-order valence-corrected chi connectivity index (χ3v) is 5.14. The van der Waals surface area contributed by atoms with Crippen LogP contribution in [0.4, 0.5) is 0 Å². The van der Waals surface area contributed by atoms with Crippen LogP contribution in [0.25, 0.3) is 0 Å². The highest BCUT2D eigenvalue weighted by Crippen LogP contribution is 2.33. The van der Waals surface area contributed by atoms with Crippen LogP contribution in [-0.2, 0) is 24.1 Å². The van der Waals surface area contributed by atoms with Gasteiger partial charge in [0, 0.05) is 29.7 Å². The van der Waals surface area contributed by atoms with Gasteiger partial charge in [0.15, 0.2) is 5.75 Å². The molecule has 0 bridgehead atoms. The van der Waals surface area contributed by atoms with Crippen LogP contribution < -0.4 is 10.1 Å². The predicted octanol–water partition coefficient (Wildman–Crippen LogP) is 4.88. The van der Waals surface area contributed by atoms with Gasteiger partial charge in [0.05, 0.1) is 18.3 Å². The third kappa shape index (κ3) is 5.38. The van der Waals surface area contributed by atoms with Crippen molar-refractivity contribution in [1.29, 1.82) is 0 Å². The third-order valence-electron chi connectivity index (χ3n) is 4.70. The normalized spacial score (nSPS) is 16.8. The van der Waals surface area contributed by atoms with E-state index < -0.39 is 0 Å². The summed E-state index contributed by atoms with van der Waals surface area (Å²) >= 11 is 12.2. The smallest absolute Gasteiger partial charge is 0.171 e. The Bertz CT molecular complexity index is 738. The number of hydrogen-bond donors (Lipinski definition) is 1. The van der Waals surface area contributed by atoms with Gasteiger partial charge in [-0.1, -0.05) is 37.0 Å². The lowest BCUT2D eigenvalue weighted by molar-refractivity contribution is 0.110. The Morgan fingerprint density at radius 2 is 2.00 bits per heavy atom. The number of nitrogens with one attached hydrogen (secondary N) is 1. The first-order valence-corrected chi connectivity index (χ1v) is 10.4. The number of hydrogen-bond acceptors (Lipinski definition) is 4. The van der Waals surface area contributed by atoms with Crippen LogP contribution in [0.15, 0.2) is 18.2 Å². The van der Waals surface area contributed by atoms with E-state index in [-0.39, 0.29) is 0 Å². The summed E-state index contributed by atoms with van der Waals surface area (Å²) in [6.07, 6.45) is 4.30. The summed E-state index contributed by atoms with van der Waals surface area (Å²) in [5.74, 6) is 1.45. The molecular weight excluding hydrogens is 385 g/mol. The van der Waals surface area contributed by atoms with Gasteiger partial charge in [-0.05, 0) is 43.9 Å². The van der Waals surface area contributed by atoms with Crippen LogP contribution >= 0.6 is 23.2 Å². The number of nitrogens with zero attached hydrogens (tertiary/aromatic N) is 2. The summed E-state index contributed by atoms with van der Waals surface area (Å²) in [6.45, 7) is 7.63. The highest BCUT2D eigenvalue weighted by Gasteiger charge is 2.19. The molecule has 0 radical (unpaired) electrons. The fourth-order valence-electron chi connectivity index (χ4n) is 3.37. The Balaban J connectivity index is 1.69. The topological polar surface area (TPSA) is 48.3 Å². The number of aromatic nitrogens is 2. The van der Waals surface area contributed by atoms with Crippen LogP contribution in [0.5, 0.6) is 11.5 Å². The Kier molecular flexibility index (Phi) is 7.41. The van der Waals surface area contributed by atoms with E-state index in [2.05, 4.69) is 19.2 Å². The number of halogens is 2. The lowest BCUT2D eigenvalue weighted by Crippen LogP contribution is -2.29. The second-order valence-electron chi connectivity index (χ2n) is 6.70. The molecule has 1 aliphatic heterocycles. The second-order valence-corrected chi connectivity index (χ2v) is 7.57. The minimum Gasteiger partial charge on any atom is -0.453 e. The Morgan fingerprint density at radius 3 is 2.63 bits per heavy atom. The zero-order valence-electron chi connectivity index (χ0n) is 15.9. The molecule has 27 heavy (non-hydrogen) atoms. The lowest BCUT2D eigenvalue weighted by atomic mass is 10.2. The van der Waals surface area contributed by atoms with Gasteiger partial charge < -0.3 is 14.8 Å². The van der Waals surface area contributed by atoms with Gasteiger partial charge >= 0.3 is 0 Å². The number of aryl methyl sites for hydroxylation is 1. The fourth-order valence-corrected chi connectivity index (χ4v) is 3.88. The van der Waals surface area contributed by atoms with Gasteiger partial charge in [-0.2, -0.15) is 5.10 Å². The van der Waals surface area contributed by atoms with Gasteiger partial charge in [0.25, 0.3) is 0 Å². The molecule has 1 aliphatic rings. The van der Waals surface area contributed by atoms with E-state index >= 15 is 0 Å². The monoisotopic (exact) mass is 411 g/mol. The number of rotatable bonds is 9. The molecule has 1 N–H and O–H groups in total. The molecule has 0 amide bonds. The molecule has 2 aromatic rings. The Hall–Kier alpha value is -1.27. The first-order chi connectivity index (χ1) is 13.1. The fraction of sp³-hybridized carbons (Fsp3) is 0.550. The van der Waals surface area contributed by atoms with Crippen LogP contribution in [0.1, 0.15) is 38.1 Å². The van der Waals surface area contributed by atoms with Crippen molar-refractivity contribution in [1.82, 2.24) is 15.1 Å².